The van der Waals surface area contributed by atoms with Crippen molar-refractivity contribution in [1.82, 2.24) is 9.99 Å². The number of aromatic nitrogens is 1. The molecule has 2 amide bonds. The van der Waals surface area contributed by atoms with Gasteiger partial charge < -0.3 is 4.57 Å². The highest BCUT2D eigenvalue weighted by Crippen LogP contribution is 2.32. The minimum absolute atomic E-state index is 0.0920. The first-order chi connectivity index (χ1) is 15.9. The van der Waals surface area contributed by atoms with E-state index >= 15 is 0 Å². The molecule has 2 heterocycles. The standard InChI is InChI=1S/C26H19Cl2N3O2/c1-16-21(14-22-25(32)29-31(26(22)33)19-7-3-2-4-8-19)20-9-5-6-10-24(20)30(16)15-17-11-12-18(27)13-23(17)28/h2-14H,15H2,1H3,(H,29,32)/b22-14-. The first kappa shape index (κ1) is 21.3. The molecule has 0 aliphatic carbocycles. The number of nitrogens with one attached hydrogen (secondary N) is 1. The van der Waals surface area contributed by atoms with E-state index in [0.29, 0.717) is 22.3 Å². The second-order valence-corrected chi connectivity index (χ2v) is 8.66. The molecule has 7 heteroatoms. The van der Waals surface area contributed by atoms with Crippen LogP contribution in [-0.4, -0.2) is 16.4 Å². The summed E-state index contributed by atoms with van der Waals surface area (Å²) in [5, 5.41) is 3.39. The zero-order chi connectivity index (χ0) is 23.1. The number of carbonyl (C=O) groups excluding carboxylic acids is 2. The monoisotopic (exact) mass is 475 g/mol. The average Bonchev–Trinajstić information content (AvgIpc) is 3.25. The van der Waals surface area contributed by atoms with Crippen LogP contribution in [0, 0.1) is 6.92 Å². The molecule has 164 valence electrons. The first-order valence-electron chi connectivity index (χ1n) is 10.4. The van der Waals surface area contributed by atoms with Crippen molar-refractivity contribution in [2.24, 2.45) is 0 Å². The fourth-order valence-electron chi connectivity index (χ4n) is 4.12. The van der Waals surface area contributed by atoms with Crippen LogP contribution < -0.4 is 10.4 Å². The van der Waals surface area contributed by atoms with Gasteiger partial charge in [-0.25, -0.2) is 5.01 Å². The summed E-state index contributed by atoms with van der Waals surface area (Å²) in [6, 6.07) is 22.4. The molecule has 0 atom stereocenters. The van der Waals surface area contributed by atoms with E-state index in [4.69, 9.17) is 23.2 Å². The van der Waals surface area contributed by atoms with E-state index in [1.807, 2.05) is 61.5 Å². The maximum absolute atomic E-state index is 13.1. The molecule has 1 saturated heterocycles. The van der Waals surface area contributed by atoms with Crippen LogP contribution in [0.15, 0.2) is 78.4 Å². The topological polar surface area (TPSA) is 54.3 Å². The number of para-hydroxylation sites is 2. The zero-order valence-corrected chi connectivity index (χ0v) is 19.2. The largest absolute Gasteiger partial charge is 0.340 e. The van der Waals surface area contributed by atoms with Crippen molar-refractivity contribution in [2.45, 2.75) is 13.5 Å². The van der Waals surface area contributed by atoms with Crippen molar-refractivity contribution >= 4 is 57.7 Å². The third-order valence-electron chi connectivity index (χ3n) is 5.82. The van der Waals surface area contributed by atoms with Crippen LogP contribution in [0.25, 0.3) is 17.0 Å². The van der Waals surface area contributed by atoms with Crippen molar-refractivity contribution in [3.05, 3.63) is 105 Å². The predicted molar refractivity (Wildman–Crippen MR) is 132 cm³/mol. The number of amides is 2. The molecule has 0 bridgehead atoms. The quantitative estimate of drug-likeness (QED) is 0.301. The Hall–Kier alpha value is -3.54. The fourth-order valence-corrected chi connectivity index (χ4v) is 4.59. The lowest BCUT2D eigenvalue weighted by Gasteiger charge is -2.13. The summed E-state index contributed by atoms with van der Waals surface area (Å²) in [6.45, 7) is 2.50. The number of carbonyl (C=O) groups is 2. The molecule has 1 aromatic heterocycles. The minimum Gasteiger partial charge on any atom is -0.340 e. The van der Waals surface area contributed by atoms with E-state index in [1.165, 1.54) is 5.01 Å². The van der Waals surface area contributed by atoms with E-state index < -0.39 is 5.91 Å². The molecule has 1 fully saturated rings. The first-order valence-corrected chi connectivity index (χ1v) is 11.1. The maximum Gasteiger partial charge on any atom is 0.282 e. The molecule has 1 aliphatic rings. The number of nitrogens with zero attached hydrogens (tertiary/aromatic N) is 2. The molecule has 1 N–H and O–H groups in total. The SMILES string of the molecule is Cc1c(/C=C2/C(=O)NN(c3ccccc3)C2=O)c2ccccc2n1Cc1ccc(Cl)cc1Cl. The molecule has 0 saturated carbocycles. The van der Waals surface area contributed by atoms with Crippen molar-refractivity contribution < 1.29 is 9.59 Å². The van der Waals surface area contributed by atoms with Gasteiger partial charge in [-0.2, -0.15) is 0 Å². The van der Waals surface area contributed by atoms with E-state index in [0.717, 1.165) is 27.7 Å². The van der Waals surface area contributed by atoms with E-state index in [2.05, 4.69) is 9.99 Å². The van der Waals surface area contributed by atoms with Gasteiger partial charge in [0.05, 0.1) is 5.69 Å². The Morgan fingerprint density at radius 2 is 1.67 bits per heavy atom. The average molecular weight is 476 g/mol. The Morgan fingerprint density at radius 1 is 0.939 bits per heavy atom. The molecule has 0 radical (unpaired) electrons. The van der Waals surface area contributed by atoms with Gasteiger partial charge in [-0.3, -0.25) is 15.0 Å². The number of rotatable bonds is 4. The van der Waals surface area contributed by atoms with Gasteiger partial charge in [0.25, 0.3) is 11.8 Å². The highest BCUT2D eigenvalue weighted by Gasteiger charge is 2.34. The Morgan fingerprint density at radius 3 is 2.42 bits per heavy atom. The van der Waals surface area contributed by atoms with Crippen molar-refractivity contribution in [1.29, 1.82) is 0 Å². The molecule has 5 nitrogen and oxygen atoms in total. The Kier molecular flexibility index (Phi) is 5.44. The molecule has 0 spiro atoms. The number of anilines is 1. The van der Waals surface area contributed by atoms with Gasteiger partial charge in [0.2, 0.25) is 0 Å². The van der Waals surface area contributed by atoms with Gasteiger partial charge in [-0.1, -0.05) is 65.7 Å². The molecule has 5 rings (SSSR count). The summed E-state index contributed by atoms with van der Waals surface area (Å²) in [5.74, 6) is -0.816. The number of hydrogen-bond donors (Lipinski definition) is 1. The van der Waals surface area contributed by atoms with E-state index in [9.17, 15) is 9.59 Å². The molecule has 0 unspecified atom stereocenters. The predicted octanol–water partition coefficient (Wildman–Crippen LogP) is 5.77. The fraction of sp³-hybridized carbons (Fsp3) is 0.0769. The summed E-state index contributed by atoms with van der Waals surface area (Å²) in [6.07, 6.45) is 1.68. The number of hydrazine groups is 1. The molecule has 1 aliphatic heterocycles. The number of halogens is 2. The highest BCUT2D eigenvalue weighted by atomic mass is 35.5. The number of fused-ring (bicyclic) bond motifs is 1. The second kappa shape index (κ2) is 8.43. The van der Waals surface area contributed by atoms with Gasteiger partial charge in [0.15, 0.2) is 0 Å². The Balaban J connectivity index is 1.59. The molecule has 3 aromatic carbocycles. The summed E-state index contributed by atoms with van der Waals surface area (Å²) in [7, 11) is 0. The number of benzene rings is 3. The lowest BCUT2D eigenvalue weighted by molar-refractivity contribution is -0.117. The smallest absolute Gasteiger partial charge is 0.282 e. The van der Waals surface area contributed by atoms with Crippen LogP contribution in [0.4, 0.5) is 5.69 Å². The lowest BCUT2D eigenvalue weighted by atomic mass is 10.1. The van der Waals surface area contributed by atoms with Gasteiger partial charge >= 0.3 is 0 Å². The highest BCUT2D eigenvalue weighted by molar-refractivity contribution is 6.35. The van der Waals surface area contributed by atoms with Crippen LogP contribution in [0.1, 0.15) is 16.8 Å². The van der Waals surface area contributed by atoms with E-state index in [-0.39, 0.29) is 11.5 Å². The third-order valence-corrected chi connectivity index (χ3v) is 6.40. The molecular weight excluding hydrogens is 457 g/mol. The molecule has 33 heavy (non-hydrogen) atoms. The van der Waals surface area contributed by atoms with Crippen LogP contribution >= 0.6 is 23.2 Å². The van der Waals surface area contributed by atoms with Crippen LogP contribution in [0.3, 0.4) is 0 Å². The van der Waals surface area contributed by atoms with E-state index in [1.54, 1.807) is 24.3 Å². The summed E-state index contributed by atoms with van der Waals surface area (Å²) in [4.78, 5) is 25.8. The van der Waals surface area contributed by atoms with Crippen molar-refractivity contribution in [3.63, 3.8) is 0 Å². The normalized spacial score (nSPS) is 15.0. The van der Waals surface area contributed by atoms with Crippen molar-refractivity contribution in [2.75, 3.05) is 5.01 Å². The maximum atomic E-state index is 13.1. The number of hydrogen-bond acceptors (Lipinski definition) is 2. The summed E-state index contributed by atoms with van der Waals surface area (Å²) < 4.78 is 2.13. The zero-order valence-electron chi connectivity index (χ0n) is 17.7. The van der Waals surface area contributed by atoms with Gasteiger partial charge in [-0.05, 0) is 48.9 Å². The van der Waals surface area contributed by atoms with Crippen molar-refractivity contribution in [3.8, 4) is 0 Å². The Bertz CT molecular complexity index is 1440. The van der Waals surface area contributed by atoms with Crippen LogP contribution in [0.2, 0.25) is 10.0 Å². The van der Waals surface area contributed by atoms with Crippen LogP contribution in [0.5, 0.6) is 0 Å². The third kappa shape index (κ3) is 3.80. The summed E-state index contributed by atoms with van der Waals surface area (Å²) in [5.41, 5.74) is 7.01. The van der Waals surface area contributed by atoms with Gasteiger partial charge in [0, 0.05) is 38.8 Å². The van der Waals surface area contributed by atoms with Gasteiger partial charge in [0.1, 0.15) is 5.57 Å². The molecule has 4 aromatic rings. The van der Waals surface area contributed by atoms with Gasteiger partial charge in [-0.15, -0.1) is 0 Å². The lowest BCUT2D eigenvalue weighted by Crippen LogP contribution is -2.35. The summed E-state index contributed by atoms with van der Waals surface area (Å²) >= 11 is 12.5. The van der Waals surface area contributed by atoms with Crippen LogP contribution in [-0.2, 0) is 16.1 Å². The Labute approximate surface area is 200 Å². The molecular formula is C26H19Cl2N3O2. The minimum atomic E-state index is -0.430. The second-order valence-electron chi connectivity index (χ2n) is 7.81.